The van der Waals surface area contributed by atoms with Crippen LogP contribution in [0.5, 0.6) is 5.75 Å². The molecule has 1 aromatic heterocycles. The van der Waals surface area contributed by atoms with Crippen molar-refractivity contribution in [3.05, 3.63) is 86.8 Å². The molecule has 0 saturated carbocycles. The Kier molecular flexibility index (Phi) is 8.73. The number of aromatic nitrogens is 3. The number of hydrogen-bond acceptors (Lipinski definition) is 5. The fourth-order valence-electron chi connectivity index (χ4n) is 3.27. The van der Waals surface area contributed by atoms with E-state index in [1.54, 1.807) is 18.2 Å². The van der Waals surface area contributed by atoms with E-state index < -0.39 is 0 Å². The molecule has 0 spiro atoms. The van der Waals surface area contributed by atoms with Gasteiger partial charge < -0.3 is 14.6 Å². The molecule has 6 nitrogen and oxygen atoms in total. The van der Waals surface area contributed by atoms with Crippen molar-refractivity contribution in [2.45, 2.75) is 25.2 Å². The van der Waals surface area contributed by atoms with Gasteiger partial charge in [0.1, 0.15) is 12.4 Å². The van der Waals surface area contributed by atoms with Gasteiger partial charge in [-0.15, -0.1) is 10.2 Å². The molecular weight excluding hydrogens is 571 g/mol. The maximum absolute atomic E-state index is 12.4. The number of amides is 1. The summed E-state index contributed by atoms with van der Waals surface area (Å²) in [5.41, 5.74) is 2.50. The molecule has 4 rings (SSSR count). The van der Waals surface area contributed by atoms with Crippen molar-refractivity contribution in [2.75, 3.05) is 11.1 Å². The zero-order chi connectivity index (χ0) is 24.8. The van der Waals surface area contributed by atoms with E-state index in [1.807, 2.05) is 60.0 Å². The minimum absolute atomic E-state index is 0.169. The molecule has 3 aromatic carbocycles. The Morgan fingerprint density at radius 3 is 2.57 bits per heavy atom. The minimum Gasteiger partial charge on any atom is -0.488 e. The van der Waals surface area contributed by atoms with Crippen LogP contribution in [-0.2, 0) is 17.9 Å². The topological polar surface area (TPSA) is 69.0 Å². The Morgan fingerprint density at radius 1 is 1.09 bits per heavy atom. The number of halogens is 3. The Morgan fingerprint density at radius 2 is 1.86 bits per heavy atom. The van der Waals surface area contributed by atoms with Crippen LogP contribution in [0.15, 0.2) is 76.4 Å². The molecule has 0 radical (unpaired) electrons. The van der Waals surface area contributed by atoms with Crippen LogP contribution < -0.4 is 10.1 Å². The molecule has 4 aromatic rings. The van der Waals surface area contributed by atoms with Gasteiger partial charge in [-0.25, -0.2) is 0 Å². The van der Waals surface area contributed by atoms with Gasteiger partial charge in [0.2, 0.25) is 5.91 Å². The number of carbonyl (C=O) groups is 1. The number of para-hydroxylation sites is 1. The predicted molar refractivity (Wildman–Crippen MR) is 145 cm³/mol. The zero-order valence-electron chi connectivity index (χ0n) is 18.7. The Hall–Kier alpha value is -2.52. The normalized spacial score (nSPS) is 10.9. The molecule has 10 heteroatoms. The Labute approximate surface area is 226 Å². The van der Waals surface area contributed by atoms with Crippen molar-refractivity contribution >= 4 is 62.5 Å². The van der Waals surface area contributed by atoms with Crippen LogP contribution in [0.1, 0.15) is 12.5 Å². The summed E-state index contributed by atoms with van der Waals surface area (Å²) in [4.78, 5) is 12.4. The third-order valence-electron chi connectivity index (χ3n) is 5.01. The molecular formula is C25H21BrCl2N4O2S. The first-order valence-electron chi connectivity index (χ1n) is 10.7. The monoisotopic (exact) mass is 590 g/mol. The smallest absolute Gasteiger partial charge is 0.234 e. The number of ether oxygens (including phenoxy) is 1. The van der Waals surface area contributed by atoms with E-state index >= 15 is 0 Å². The van der Waals surface area contributed by atoms with Crippen LogP contribution in [0.3, 0.4) is 0 Å². The summed E-state index contributed by atoms with van der Waals surface area (Å²) in [7, 11) is 0. The van der Waals surface area contributed by atoms with Gasteiger partial charge in [-0.2, -0.15) is 0 Å². The van der Waals surface area contributed by atoms with Gasteiger partial charge in [-0.1, -0.05) is 71.4 Å². The molecule has 0 aliphatic carbocycles. The average molecular weight is 592 g/mol. The molecule has 180 valence electrons. The van der Waals surface area contributed by atoms with Crippen LogP contribution in [0, 0.1) is 0 Å². The van der Waals surface area contributed by atoms with Gasteiger partial charge in [-0.05, 0) is 58.7 Å². The number of hydrogen-bond donors (Lipinski definition) is 1. The molecule has 1 amide bonds. The maximum atomic E-state index is 12.4. The summed E-state index contributed by atoms with van der Waals surface area (Å²) in [6.45, 7) is 3.14. The van der Waals surface area contributed by atoms with E-state index in [-0.39, 0.29) is 11.7 Å². The lowest BCUT2D eigenvalue weighted by atomic mass is 10.1. The van der Waals surface area contributed by atoms with E-state index in [4.69, 9.17) is 27.9 Å². The molecule has 0 aliphatic heterocycles. The number of anilines is 1. The fraction of sp³-hybridized carbons (Fsp3) is 0.160. The average Bonchev–Trinajstić information content (AvgIpc) is 3.27. The van der Waals surface area contributed by atoms with Gasteiger partial charge >= 0.3 is 0 Å². The van der Waals surface area contributed by atoms with Gasteiger partial charge in [0.15, 0.2) is 11.0 Å². The summed E-state index contributed by atoms with van der Waals surface area (Å²) in [5.74, 6) is 1.52. The summed E-state index contributed by atoms with van der Waals surface area (Å²) >= 11 is 16.9. The molecule has 0 unspecified atom stereocenters. The predicted octanol–water partition coefficient (Wildman–Crippen LogP) is 7.34. The molecule has 0 bridgehead atoms. The summed E-state index contributed by atoms with van der Waals surface area (Å²) in [6, 6.07) is 20.7. The first-order chi connectivity index (χ1) is 16.9. The second kappa shape index (κ2) is 11.9. The van der Waals surface area contributed by atoms with E-state index in [0.29, 0.717) is 34.0 Å². The van der Waals surface area contributed by atoms with Crippen molar-refractivity contribution < 1.29 is 9.53 Å². The molecule has 0 saturated heterocycles. The van der Waals surface area contributed by atoms with Crippen LogP contribution >= 0.6 is 50.9 Å². The fourth-order valence-corrected chi connectivity index (χ4v) is 4.93. The molecule has 1 heterocycles. The van der Waals surface area contributed by atoms with E-state index in [1.165, 1.54) is 11.8 Å². The highest BCUT2D eigenvalue weighted by atomic mass is 79.9. The number of thioether (sulfide) groups is 1. The summed E-state index contributed by atoms with van der Waals surface area (Å²) in [5, 5.41) is 13.0. The van der Waals surface area contributed by atoms with E-state index in [9.17, 15) is 4.79 Å². The highest BCUT2D eigenvalue weighted by Gasteiger charge is 2.15. The van der Waals surface area contributed by atoms with Gasteiger partial charge in [-0.3, -0.25) is 4.79 Å². The Bertz CT molecular complexity index is 1330. The quantitative estimate of drug-likeness (QED) is 0.206. The van der Waals surface area contributed by atoms with Crippen molar-refractivity contribution in [3.8, 4) is 17.1 Å². The van der Waals surface area contributed by atoms with Crippen molar-refractivity contribution in [2.24, 2.45) is 0 Å². The molecule has 1 N–H and O–H groups in total. The molecule has 0 atom stereocenters. The lowest BCUT2D eigenvalue weighted by molar-refractivity contribution is -0.113. The first kappa shape index (κ1) is 25.6. The lowest BCUT2D eigenvalue weighted by Crippen LogP contribution is -2.15. The summed E-state index contributed by atoms with van der Waals surface area (Å²) in [6.07, 6.45) is 0. The molecule has 35 heavy (non-hydrogen) atoms. The highest BCUT2D eigenvalue weighted by molar-refractivity contribution is 9.10. The first-order valence-corrected chi connectivity index (χ1v) is 13.3. The number of nitrogens with one attached hydrogen (secondary N) is 1. The Balaban J connectivity index is 1.38. The van der Waals surface area contributed by atoms with Crippen molar-refractivity contribution in [1.82, 2.24) is 14.8 Å². The van der Waals surface area contributed by atoms with Crippen molar-refractivity contribution in [1.29, 1.82) is 0 Å². The minimum atomic E-state index is -0.194. The maximum Gasteiger partial charge on any atom is 0.234 e. The van der Waals surface area contributed by atoms with Crippen LogP contribution in [-0.4, -0.2) is 26.4 Å². The molecule has 0 fully saturated rings. The number of rotatable bonds is 9. The lowest BCUT2D eigenvalue weighted by Gasteiger charge is -2.10. The highest BCUT2D eigenvalue weighted by Crippen LogP contribution is 2.28. The second-order valence-corrected chi connectivity index (χ2v) is 10.1. The van der Waals surface area contributed by atoms with Crippen LogP contribution in [0.4, 0.5) is 5.69 Å². The van der Waals surface area contributed by atoms with Gasteiger partial charge in [0, 0.05) is 17.1 Å². The zero-order valence-corrected chi connectivity index (χ0v) is 22.6. The standard InChI is InChI=1S/C25H21BrCl2N4O2S/c1-2-32-24(17-9-7-16(8-10-17)14-34-22-6-4-3-5-19(22)26)30-31-25(32)35-15-23(33)29-21-12-11-18(27)13-20(21)28/h3-13H,2,14-15H2,1H3,(H,29,33). The number of carbonyl (C=O) groups excluding carboxylic acids is 1. The van der Waals surface area contributed by atoms with Crippen molar-refractivity contribution in [3.63, 3.8) is 0 Å². The van der Waals surface area contributed by atoms with E-state index in [2.05, 4.69) is 31.4 Å². The SMILES string of the molecule is CCn1c(SCC(=O)Nc2ccc(Cl)cc2Cl)nnc1-c1ccc(COc2ccccc2Br)cc1. The summed E-state index contributed by atoms with van der Waals surface area (Å²) < 4.78 is 8.80. The van der Waals surface area contributed by atoms with E-state index in [0.717, 1.165) is 27.2 Å². The van der Waals surface area contributed by atoms with Gasteiger partial charge in [0.05, 0.1) is 20.9 Å². The van der Waals surface area contributed by atoms with Gasteiger partial charge in [0.25, 0.3) is 0 Å². The van der Waals surface area contributed by atoms with Crippen LogP contribution in [0.25, 0.3) is 11.4 Å². The third-order valence-corrected chi connectivity index (χ3v) is 7.18. The third kappa shape index (κ3) is 6.58. The van der Waals surface area contributed by atoms with Crippen LogP contribution in [0.2, 0.25) is 10.0 Å². The number of nitrogens with zero attached hydrogens (tertiary/aromatic N) is 3. The number of benzene rings is 3. The largest absolute Gasteiger partial charge is 0.488 e. The molecule has 0 aliphatic rings. The second-order valence-electron chi connectivity index (χ2n) is 7.43.